The third-order valence-electron chi connectivity index (χ3n) is 6.34. The molecule has 12 heteroatoms. The average molecular weight is 553 g/mol. The van der Waals surface area contributed by atoms with Crippen molar-refractivity contribution in [3.63, 3.8) is 0 Å². The molecule has 0 spiro atoms. The molecule has 0 saturated carbocycles. The van der Waals surface area contributed by atoms with Gasteiger partial charge in [-0.3, -0.25) is 4.79 Å². The van der Waals surface area contributed by atoms with E-state index in [0.29, 0.717) is 35.0 Å². The summed E-state index contributed by atoms with van der Waals surface area (Å²) in [5, 5.41) is 5.73. The highest BCUT2D eigenvalue weighted by atomic mass is 19.2. The second-order valence-electron chi connectivity index (χ2n) is 9.64. The molecule has 0 unspecified atom stereocenters. The van der Waals surface area contributed by atoms with E-state index in [1.165, 1.54) is 24.4 Å². The largest absolute Gasteiger partial charge is 0.355 e. The van der Waals surface area contributed by atoms with Gasteiger partial charge in [-0.2, -0.15) is 0 Å². The van der Waals surface area contributed by atoms with Crippen molar-refractivity contribution in [2.45, 2.75) is 26.6 Å². The van der Waals surface area contributed by atoms with E-state index in [9.17, 15) is 18.0 Å². The van der Waals surface area contributed by atoms with Gasteiger partial charge in [0.25, 0.3) is 0 Å². The summed E-state index contributed by atoms with van der Waals surface area (Å²) in [5.41, 5.74) is 1.35. The summed E-state index contributed by atoms with van der Waals surface area (Å²) in [4.78, 5) is 29.2. The number of carbonyl (C=O) groups is 1. The van der Waals surface area contributed by atoms with E-state index in [4.69, 9.17) is 9.47 Å². The summed E-state index contributed by atoms with van der Waals surface area (Å²) in [7, 11) is 0. The van der Waals surface area contributed by atoms with Gasteiger partial charge in [0.15, 0.2) is 17.5 Å². The Morgan fingerprint density at radius 1 is 1.05 bits per heavy atom. The summed E-state index contributed by atoms with van der Waals surface area (Å²) in [6, 6.07) is 10.8. The first kappa shape index (κ1) is 27.3. The first-order valence-corrected chi connectivity index (χ1v) is 12.7. The van der Waals surface area contributed by atoms with E-state index >= 15 is 0 Å². The van der Waals surface area contributed by atoms with Crippen LogP contribution >= 0.6 is 0 Å². The number of halogens is 3. The smallest absolute Gasteiger partial charge is 0.230 e. The van der Waals surface area contributed by atoms with Gasteiger partial charge in [0, 0.05) is 30.1 Å². The number of imidazole rings is 1. The Hall–Kier alpha value is -4.29. The fraction of sp³-hybridized carbons (Fsp3) is 0.286. The third kappa shape index (κ3) is 5.82. The van der Waals surface area contributed by atoms with Crippen molar-refractivity contribution in [1.82, 2.24) is 25.3 Å². The molecule has 2 aromatic heterocycles. The Bertz CT molecular complexity index is 1500. The second kappa shape index (κ2) is 11.4. The molecule has 0 aliphatic carbocycles. The molecule has 2 aromatic carbocycles. The molecular weight excluding hydrogens is 525 g/mol. The first-order valence-electron chi connectivity index (χ1n) is 12.7. The highest BCUT2D eigenvalue weighted by Gasteiger charge is 2.40. The third-order valence-corrected chi connectivity index (χ3v) is 6.34. The molecule has 0 atom stereocenters. The normalized spacial score (nSPS) is 18.9. The van der Waals surface area contributed by atoms with E-state index < -0.39 is 29.2 Å². The van der Waals surface area contributed by atoms with Crippen LogP contribution in [0.25, 0.3) is 22.6 Å². The molecular formula is C28H27F3N6O3. The highest BCUT2D eigenvalue weighted by Crippen LogP contribution is 2.35. The van der Waals surface area contributed by atoms with Crippen LogP contribution in [-0.2, 0) is 14.3 Å². The fourth-order valence-corrected chi connectivity index (χ4v) is 4.12. The van der Waals surface area contributed by atoms with Crippen LogP contribution in [0.15, 0.2) is 54.7 Å². The molecule has 40 heavy (non-hydrogen) atoms. The van der Waals surface area contributed by atoms with E-state index in [2.05, 4.69) is 30.6 Å². The summed E-state index contributed by atoms with van der Waals surface area (Å²) in [6.07, 6.45) is 1.42. The molecule has 5 rings (SSSR count). The molecule has 1 saturated heterocycles. The molecule has 1 amide bonds. The lowest BCUT2D eigenvalue weighted by Gasteiger charge is -2.35. The molecule has 0 bridgehead atoms. The van der Waals surface area contributed by atoms with Crippen LogP contribution in [0.4, 0.5) is 24.8 Å². The number of nitrogens with one attached hydrogen (secondary N) is 3. The molecule has 208 valence electrons. The number of nitrogens with zero attached hydrogens (tertiary/aromatic N) is 3. The number of rotatable bonds is 8. The van der Waals surface area contributed by atoms with Crippen LogP contribution < -0.4 is 10.6 Å². The van der Waals surface area contributed by atoms with Gasteiger partial charge in [0.05, 0.1) is 35.7 Å². The van der Waals surface area contributed by atoms with Gasteiger partial charge >= 0.3 is 0 Å². The summed E-state index contributed by atoms with van der Waals surface area (Å²) < 4.78 is 52.5. The SMILES string of the molecule is CCCNC(=O)C1(C)COC(c2nc(-c3ccc(F)cc3)c(-c3ccnc(Nc4ccc(F)c(F)c4)n3)[nH]2)OC1. The Balaban J connectivity index is 1.44. The first-order chi connectivity index (χ1) is 19.3. The van der Waals surface area contributed by atoms with Crippen molar-refractivity contribution in [2.75, 3.05) is 25.1 Å². The van der Waals surface area contributed by atoms with Gasteiger partial charge in [-0.05, 0) is 55.8 Å². The number of amides is 1. The van der Waals surface area contributed by atoms with Gasteiger partial charge < -0.3 is 25.1 Å². The zero-order chi connectivity index (χ0) is 28.3. The molecule has 3 N–H and O–H groups in total. The zero-order valence-corrected chi connectivity index (χ0v) is 21.8. The van der Waals surface area contributed by atoms with E-state index in [0.717, 1.165) is 18.6 Å². The topological polar surface area (TPSA) is 114 Å². The maximum absolute atomic E-state index is 13.7. The lowest BCUT2D eigenvalue weighted by atomic mass is 9.91. The molecule has 4 aromatic rings. The molecule has 1 aliphatic rings. The average Bonchev–Trinajstić information content (AvgIpc) is 3.40. The van der Waals surface area contributed by atoms with Crippen molar-refractivity contribution >= 4 is 17.5 Å². The Kier molecular flexibility index (Phi) is 7.81. The van der Waals surface area contributed by atoms with Crippen LogP contribution in [-0.4, -0.2) is 45.6 Å². The monoisotopic (exact) mass is 552 g/mol. The van der Waals surface area contributed by atoms with Crippen molar-refractivity contribution in [3.05, 3.63) is 78.0 Å². The van der Waals surface area contributed by atoms with Gasteiger partial charge in [-0.1, -0.05) is 6.92 Å². The van der Waals surface area contributed by atoms with Gasteiger partial charge in [0.2, 0.25) is 18.1 Å². The van der Waals surface area contributed by atoms with E-state index in [1.54, 1.807) is 25.1 Å². The van der Waals surface area contributed by atoms with Crippen molar-refractivity contribution < 1.29 is 27.4 Å². The standard InChI is InChI=1S/C28H27F3N6O3/c1-3-11-32-26(38)28(2)14-39-25(40-15-28)24-36-22(16-4-6-17(29)7-5-16)23(37-24)21-10-12-33-27(35-21)34-18-8-9-19(30)20(31)13-18/h4-10,12-13,25H,3,11,14-15H2,1-2H3,(H,32,38)(H,36,37)(H,33,34,35). The van der Waals surface area contributed by atoms with Crippen molar-refractivity contribution in [3.8, 4) is 22.6 Å². The molecule has 9 nitrogen and oxygen atoms in total. The minimum Gasteiger partial charge on any atom is -0.355 e. The number of anilines is 2. The quantitative estimate of drug-likeness (QED) is 0.273. The molecule has 1 fully saturated rings. The maximum Gasteiger partial charge on any atom is 0.230 e. The number of ether oxygens (including phenoxy) is 2. The lowest BCUT2D eigenvalue weighted by Crippen LogP contribution is -2.48. The number of hydrogen-bond donors (Lipinski definition) is 3. The second-order valence-corrected chi connectivity index (χ2v) is 9.64. The fourth-order valence-electron chi connectivity index (χ4n) is 4.12. The molecule has 3 heterocycles. The lowest BCUT2D eigenvalue weighted by molar-refractivity contribution is -0.231. The molecule has 1 aliphatic heterocycles. The number of H-pyrrole nitrogens is 1. The van der Waals surface area contributed by atoms with Crippen LogP contribution in [0.3, 0.4) is 0 Å². The van der Waals surface area contributed by atoms with Crippen LogP contribution in [0.1, 0.15) is 32.4 Å². The van der Waals surface area contributed by atoms with Gasteiger partial charge in [0.1, 0.15) is 5.82 Å². The van der Waals surface area contributed by atoms with Crippen LogP contribution in [0, 0.1) is 22.9 Å². The summed E-state index contributed by atoms with van der Waals surface area (Å²) in [5.74, 6) is -2.07. The Labute approximate surface area is 228 Å². The number of aromatic nitrogens is 4. The predicted molar refractivity (Wildman–Crippen MR) is 141 cm³/mol. The van der Waals surface area contributed by atoms with Gasteiger partial charge in [-0.25, -0.2) is 28.1 Å². The highest BCUT2D eigenvalue weighted by molar-refractivity contribution is 5.82. The van der Waals surface area contributed by atoms with E-state index in [1.807, 2.05) is 6.92 Å². The summed E-state index contributed by atoms with van der Waals surface area (Å²) in [6.45, 7) is 4.54. The Morgan fingerprint density at radius 3 is 2.50 bits per heavy atom. The zero-order valence-electron chi connectivity index (χ0n) is 21.8. The minimum absolute atomic E-state index is 0.116. The van der Waals surface area contributed by atoms with E-state index in [-0.39, 0.29) is 30.8 Å². The van der Waals surface area contributed by atoms with Crippen LogP contribution in [0.2, 0.25) is 0 Å². The predicted octanol–water partition coefficient (Wildman–Crippen LogP) is 5.27. The number of carbonyl (C=O) groups excluding carboxylic acids is 1. The summed E-state index contributed by atoms with van der Waals surface area (Å²) >= 11 is 0. The molecule has 0 radical (unpaired) electrons. The number of aromatic amines is 1. The number of hydrogen-bond acceptors (Lipinski definition) is 7. The maximum atomic E-state index is 13.7. The van der Waals surface area contributed by atoms with Crippen molar-refractivity contribution in [1.29, 1.82) is 0 Å². The Morgan fingerprint density at radius 2 is 1.80 bits per heavy atom. The number of benzene rings is 2. The minimum atomic E-state index is -1.01. The van der Waals surface area contributed by atoms with Gasteiger partial charge in [-0.15, -0.1) is 0 Å². The van der Waals surface area contributed by atoms with Crippen molar-refractivity contribution in [2.24, 2.45) is 5.41 Å². The van der Waals surface area contributed by atoms with Crippen LogP contribution in [0.5, 0.6) is 0 Å².